The zero-order valence-electron chi connectivity index (χ0n) is 14.4. The summed E-state index contributed by atoms with van der Waals surface area (Å²) in [7, 11) is 0. The first-order valence-corrected chi connectivity index (χ1v) is 10.1. The first-order valence-electron chi connectivity index (χ1n) is 8.21. The SMILES string of the molecule is CC(=O)N1CCN(C(=O)c2ccc(CSc3nc(C)cs3)cc2)CC1. The second-order valence-corrected chi connectivity index (χ2v) is 8.12. The largest absolute Gasteiger partial charge is 0.339 e. The number of carbonyl (C=O) groups is 2. The Hall–Kier alpha value is -1.86. The molecule has 0 radical (unpaired) electrons. The number of thioether (sulfide) groups is 1. The van der Waals surface area contributed by atoms with Crippen molar-refractivity contribution in [1.29, 1.82) is 0 Å². The molecule has 1 fully saturated rings. The smallest absolute Gasteiger partial charge is 0.253 e. The fraction of sp³-hybridized carbons (Fsp3) is 0.389. The van der Waals surface area contributed by atoms with Crippen LogP contribution in [-0.2, 0) is 10.5 Å². The molecule has 0 saturated carbocycles. The Morgan fingerprint density at radius 2 is 1.76 bits per heavy atom. The number of carbonyl (C=O) groups excluding carboxylic acids is 2. The highest BCUT2D eigenvalue weighted by atomic mass is 32.2. The van der Waals surface area contributed by atoms with E-state index in [1.165, 1.54) is 5.56 Å². The number of hydrogen-bond acceptors (Lipinski definition) is 5. The molecule has 1 aromatic heterocycles. The lowest BCUT2D eigenvalue weighted by Crippen LogP contribution is -2.50. The Morgan fingerprint density at radius 1 is 1.12 bits per heavy atom. The van der Waals surface area contributed by atoms with Gasteiger partial charge in [-0.05, 0) is 24.6 Å². The van der Waals surface area contributed by atoms with Crippen LogP contribution in [0.5, 0.6) is 0 Å². The van der Waals surface area contributed by atoms with Gasteiger partial charge in [0.05, 0.1) is 0 Å². The van der Waals surface area contributed by atoms with E-state index in [2.05, 4.69) is 10.4 Å². The van der Waals surface area contributed by atoms with Crippen molar-refractivity contribution < 1.29 is 9.59 Å². The Kier molecular flexibility index (Phi) is 5.75. The van der Waals surface area contributed by atoms with Crippen molar-refractivity contribution in [2.75, 3.05) is 26.2 Å². The summed E-state index contributed by atoms with van der Waals surface area (Å²) in [6.07, 6.45) is 0. The highest BCUT2D eigenvalue weighted by Crippen LogP contribution is 2.26. The zero-order chi connectivity index (χ0) is 17.8. The summed E-state index contributed by atoms with van der Waals surface area (Å²) in [4.78, 5) is 32.0. The minimum Gasteiger partial charge on any atom is -0.339 e. The molecule has 5 nitrogen and oxygen atoms in total. The van der Waals surface area contributed by atoms with Gasteiger partial charge >= 0.3 is 0 Å². The summed E-state index contributed by atoms with van der Waals surface area (Å²) >= 11 is 3.38. The highest BCUT2D eigenvalue weighted by molar-refractivity contribution is 8.00. The van der Waals surface area contributed by atoms with Crippen LogP contribution in [0.1, 0.15) is 28.5 Å². The summed E-state index contributed by atoms with van der Waals surface area (Å²) < 4.78 is 1.07. The van der Waals surface area contributed by atoms with Crippen LogP contribution in [0.2, 0.25) is 0 Å². The number of amides is 2. The van der Waals surface area contributed by atoms with E-state index in [0.29, 0.717) is 31.7 Å². The van der Waals surface area contributed by atoms with Gasteiger partial charge < -0.3 is 9.80 Å². The number of piperazine rings is 1. The van der Waals surface area contributed by atoms with E-state index < -0.39 is 0 Å². The normalized spacial score (nSPS) is 14.6. The van der Waals surface area contributed by atoms with E-state index in [1.54, 1.807) is 34.9 Å². The van der Waals surface area contributed by atoms with Gasteiger partial charge in [0.15, 0.2) is 0 Å². The van der Waals surface area contributed by atoms with Crippen LogP contribution < -0.4 is 0 Å². The summed E-state index contributed by atoms with van der Waals surface area (Å²) in [6, 6.07) is 7.80. The molecule has 3 rings (SSSR count). The standard InChI is InChI=1S/C18H21N3O2S2/c1-13-11-24-18(19-13)25-12-15-3-5-16(6-4-15)17(23)21-9-7-20(8-10-21)14(2)22/h3-6,11H,7-10,12H2,1-2H3. The van der Waals surface area contributed by atoms with Gasteiger partial charge in [-0.1, -0.05) is 23.9 Å². The molecule has 0 N–H and O–H groups in total. The number of aryl methyl sites for hydroxylation is 1. The van der Waals surface area contributed by atoms with Crippen LogP contribution >= 0.6 is 23.1 Å². The van der Waals surface area contributed by atoms with Crippen molar-refractivity contribution in [1.82, 2.24) is 14.8 Å². The van der Waals surface area contributed by atoms with Crippen LogP contribution in [0.4, 0.5) is 0 Å². The van der Waals surface area contributed by atoms with E-state index in [4.69, 9.17) is 0 Å². The van der Waals surface area contributed by atoms with E-state index in [9.17, 15) is 9.59 Å². The molecule has 0 atom stereocenters. The van der Waals surface area contributed by atoms with Crippen molar-refractivity contribution in [3.63, 3.8) is 0 Å². The fourth-order valence-corrected chi connectivity index (χ4v) is 4.50. The highest BCUT2D eigenvalue weighted by Gasteiger charge is 2.23. The summed E-state index contributed by atoms with van der Waals surface area (Å²) in [5.41, 5.74) is 2.93. The lowest BCUT2D eigenvalue weighted by atomic mass is 10.1. The zero-order valence-corrected chi connectivity index (χ0v) is 16.0. The van der Waals surface area contributed by atoms with Gasteiger partial charge in [-0.15, -0.1) is 11.3 Å². The van der Waals surface area contributed by atoms with Crippen molar-refractivity contribution in [2.45, 2.75) is 23.9 Å². The molecule has 25 heavy (non-hydrogen) atoms. The van der Waals surface area contributed by atoms with E-state index in [1.807, 2.05) is 36.1 Å². The molecule has 2 amide bonds. The van der Waals surface area contributed by atoms with Crippen molar-refractivity contribution in [3.05, 3.63) is 46.5 Å². The van der Waals surface area contributed by atoms with Crippen LogP contribution in [0, 0.1) is 6.92 Å². The maximum Gasteiger partial charge on any atom is 0.253 e. The third-order valence-electron chi connectivity index (χ3n) is 4.17. The van der Waals surface area contributed by atoms with Crippen molar-refractivity contribution >= 4 is 34.9 Å². The molecule has 0 bridgehead atoms. The maximum absolute atomic E-state index is 12.6. The van der Waals surface area contributed by atoms with Gasteiger partial charge in [0.2, 0.25) is 5.91 Å². The Labute approximate surface area is 156 Å². The number of benzene rings is 1. The maximum atomic E-state index is 12.6. The van der Waals surface area contributed by atoms with Gasteiger partial charge in [0, 0.05) is 55.5 Å². The Bertz CT molecular complexity index is 750. The van der Waals surface area contributed by atoms with E-state index in [-0.39, 0.29) is 11.8 Å². The molecular formula is C18H21N3O2S2. The quantitative estimate of drug-likeness (QED) is 0.771. The molecule has 1 aliphatic heterocycles. The molecule has 1 aromatic carbocycles. The summed E-state index contributed by atoms with van der Waals surface area (Å²) in [5, 5.41) is 2.05. The van der Waals surface area contributed by atoms with E-state index >= 15 is 0 Å². The lowest BCUT2D eigenvalue weighted by molar-refractivity contribution is -0.130. The second-order valence-electron chi connectivity index (χ2n) is 6.04. The molecule has 1 saturated heterocycles. The molecule has 0 unspecified atom stereocenters. The molecular weight excluding hydrogens is 354 g/mol. The Morgan fingerprint density at radius 3 is 2.32 bits per heavy atom. The average molecular weight is 376 g/mol. The van der Waals surface area contributed by atoms with Gasteiger partial charge in [-0.2, -0.15) is 0 Å². The molecule has 7 heteroatoms. The molecule has 1 aliphatic rings. The van der Waals surface area contributed by atoms with Crippen molar-refractivity contribution in [2.24, 2.45) is 0 Å². The van der Waals surface area contributed by atoms with Crippen molar-refractivity contribution in [3.8, 4) is 0 Å². The number of nitrogens with zero attached hydrogens (tertiary/aromatic N) is 3. The third kappa shape index (κ3) is 4.61. The average Bonchev–Trinajstić information content (AvgIpc) is 3.05. The minimum absolute atomic E-state index is 0.0398. The van der Waals surface area contributed by atoms with Gasteiger partial charge in [-0.3, -0.25) is 9.59 Å². The first-order chi connectivity index (χ1) is 12.0. The number of thiazole rings is 1. The third-order valence-corrected chi connectivity index (χ3v) is 6.38. The monoisotopic (exact) mass is 375 g/mol. The first kappa shape index (κ1) is 17.9. The summed E-state index contributed by atoms with van der Waals surface area (Å²) in [5.74, 6) is 0.959. The summed E-state index contributed by atoms with van der Waals surface area (Å²) in [6.45, 7) is 5.99. The fourth-order valence-electron chi connectivity index (χ4n) is 2.69. The lowest BCUT2D eigenvalue weighted by Gasteiger charge is -2.34. The number of aromatic nitrogens is 1. The number of rotatable bonds is 4. The minimum atomic E-state index is 0.0398. The molecule has 0 aliphatic carbocycles. The molecule has 2 heterocycles. The molecule has 132 valence electrons. The predicted molar refractivity (Wildman–Crippen MR) is 101 cm³/mol. The van der Waals surface area contributed by atoms with Crippen LogP contribution in [0.3, 0.4) is 0 Å². The van der Waals surface area contributed by atoms with Crippen LogP contribution in [-0.4, -0.2) is 52.8 Å². The van der Waals surface area contributed by atoms with Gasteiger partial charge in [0.1, 0.15) is 4.34 Å². The topological polar surface area (TPSA) is 53.5 Å². The second kappa shape index (κ2) is 8.01. The molecule has 2 aromatic rings. The number of hydrogen-bond donors (Lipinski definition) is 0. The van der Waals surface area contributed by atoms with Gasteiger partial charge in [-0.25, -0.2) is 4.98 Å². The van der Waals surface area contributed by atoms with Crippen LogP contribution in [0.25, 0.3) is 0 Å². The molecule has 0 spiro atoms. The van der Waals surface area contributed by atoms with Gasteiger partial charge in [0.25, 0.3) is 5.91 Å². The van der Waals surface area contributed by atoms with Crippen LogP contribution in [0.15, 0.2) is 34.0 Å². The van der Waals surface area contributed by atoms with E-state index in [0.717, 1.165) is 15.8 Å². The Balaban J connectivity index is 1.54. The predicted octanol–water partition coefficient (Wildman–Crippen LogP) is 3.05.